The predicted octanol–water partition coefficient (Wildman–Crippen LogP) is 2.75. The lowest BCUT2D eigenvalue weighted by molar-refractivity contribution is -0.384. The van der Waals surface area contributed by atoms with Crippen molar-refractivity contribution in [3.05, 3.63) is 39.9 Å². The van der Waals surface area contributed by atoms with Crippen LogP contribution in [0.1, 0.15) is 38.1 Å². The van der Waals surface area contributed by atoms with Crippen molar-refractivity contribution in [1.82, 2.24) is 5.43 Å². The second kappa shape index (κ2) is 5.60. The van der Waals surface area contributed by atoms with E-state index in [1.165, 1.54) is 24.3 Å². The zero-order valence-corrected chi connectivity index (χ0v) is 11.4. The molecule has 1 aromatic carbocycles. The molecule has 0 aliphatic carbocycles. The lowest BCUT2D eigenvalue weighted by Gasteiger charge is -2.17. The van der Waals surface area contributed by atoms with Gasteiger partial charge in [-0.2, -0.15) is 5.10 Å². The molecule has 1 amide bonds. The first-order valence-corrected chi connectivity index (χ1v) is 5.81. The SMILES string of the molecule is C/C(=N/NC(=O)c1ccc([N+](=O)[O-])cc1)C(C)(C)C. The number of rotatable bonds is 3. The van der Waals surface area contributed by atoms with Crippen LogP contribution >= 0.6 is 0 Å². The van der Waals surface area contributed by atoms with Gasteiger partial charge in [0.15, 0.2) is 0 Å². The summed E-state index contributed by atoms with van der Waals surface area (Å²) in [7, 11) is 0. The molecule has 19 heavy (non-hydrogen) atoms. The van der Waals surface area contributed by atoms with Crippen LogP contribution in [0, 0.1) is 15.5 Å². The smallest absolute Gasteiger partial charge is 0.267 e. The standard InChI is InChI=1S/C13H17N3O3/c1-9(13(2,3)4)14-15-12(17)10-5-7-11(8-6-10)16(18)19/h5-8H,1-4H3,(H,15,17)/b14-9-. The van der Waals surface area contributed by atoms with E-state index in [-0.39, 0.29) is 11.1 Å². The number of benzene rings is 1. The van der Waals surface area contributed by atoms with E-state index in [2.05, 4.69) is 10.5 Å². The molecule has 0 aromatic heterocycles. The fourth-order valence-electron chi connectivity index (χ4n) is 1.10. The van der Waals surface area contributed by atoms with Crippen molar-refractivity contribution >= 4 is 17.3 Å². The lowest BCUT2D eigenvalue weighted by atomic mass is 9.91. The van der Waals surface area contributed by atoms with Crippen LogP contribution in [0.15, 0.2) is 29.4 Å². The van der Waals surface area contributed by atoms with Gasteiger partial charge >= 0.3 is 0 Å². The van der Waals surface area contributed by atoms with E-state index in [0.717, 1.165) is 5.71 Å². The van der Waals surface area contributed by atoms with E-state index >= 15 is 0 Å². The Labute approximate surface area is 111 Å². The molecular formula is C13H17N3O3. The molecule has 102 valence electrons. The molecule has 1 rings (SSSR count). The minimum Gasteiger partial charge on any atom is -0.267 e. The Balaban J connectivity index is 2.77. The predicted molar refractivity (Wildman–Crippen MR) is 73.1 cm³/mol. The summed E-state index contributed by atoms with van der Waals surface area (Å²) in [6.45, 7) is 7.80. The number of nitro groups is 1. The summed E-state index contributed by atoms with van der Waals surface area (Å²) < 4.78 is 0. The van der Waals surface area contributed by atoms with Crippen molar-refractivity contribution < 1.29 is 9.72 Å². The van der Waals surface area contributed by atoms with Crippen molar-refractivity contribution in [2.45, 2.75) is 27.7 Å². The number of nitro benzene ring substituents is 1. The van der Waals surface area contributed by atoms with Gasteiger partial charge in [0.1, 0.15) is 0 Å². The van der Waals surface area contributed by atoms with Gasteiger partial charge in [-0.15, -0.1) is 0 Å². The van der Waals surface area contributed by atoms with Crippen molar-refractivity contribution in [2.24, 2.45) is 10.5 Å². The van der Waals surface area contributed by atoms with E-state index in [1.807, 2.05) is 27.7 Å². The highest BCUT2D eigenvalue weighted by Crippen LogP contribution is 2.15. The molecule has 0 aliphatic rings. The van der Waals surface area contributed by atoms with Crippen LogP contribution < -0.4 is 5.43 Å². The Kier molecular flexibility index (Phi) is 4.37. The summed E-state index contributed by atoms with van der Waals surface area (Å²) in [5.74, 6) is -0.390. The molecule has 6 heteroatoms. The first-order valence-electron chi connectivity index (χ1n) is 5.81. The van der Waals surface area contributed by atoms with Gasteiger partial charge in [-0.05, 0) is 19.1 Å². The summed E-state index contributed by atoms with van der Waals surface area (Å²) in [6, 6.07) is 5.37. The number of hydrazone groups is 1. The maximum atomic E-state index is 11.8. The van der Waals surface area contributed by atoms with Crippen LogP contribution in [0.25, 0.3) is 0 Å². The van der Waals surface area contributed by atoms with Crippen LogP contribution in [0.4, 0.5) is 5.69 Å². The van der Waals surface area contributed by atoms with E-state index in [1.54, 1.807) is 0 Å². The highest BCUT2D eigenvalue weighted by molar-refractivity contribution is 5.96. The minimum absolute atomic E-state index is 0.0501. The number of amides is 1. The van der Waals surface area contributed by atoms with Gasteiger partial charge in [0.2, 0.25) is 0 Å². The Bertz CT molecular complexity index is 513. The average molecular weight is 263 g/mol. The Morgan fingerprint density at radius 3 is 2.21 bits per heavy atom. The molecule has 0 saturated carbocycles. The van der Waals surface area contributed by atoms with Crippen LogP contribution in [-0.2, 0) is 0 Å². The van der Waals surface area contributed by atoms with Gasteiger partial charge in [0, 0.05) is 28.8 Å². The minimum atomic E-state index is -0.510. The summed E-state index contributed by atoms with van der Waals surface area (Å²) in [5.41, 5.74) is 3.38. The summed E-state index contributed by atoms with van der Waals surface area (Å²) in [5, 5.41) is 14.5. The first-order chi connectivity index (χ1) is 8.71. The number of hydrogen-bond donors (Lipinski definition) is 1. The maximum absolute atomic E-state index is 11.8. The fraction of sp³-hybridized carbons (Fsp3) is 0.385. The molecule has 0 bridgehead atoms. The molecule has 0 aliphatic heterocycles. The molecule has 0 radical (unpaired) electrons. The van der Waals surface area contributed by atoms with Crippen LogP contribution in [0.2, 0.25) is 0 Å². The monoisotopic (exact) mass is 263 g/mol. The Morgan fingerprint density at radius 1 is 1.26 bits per heavy atom. The van der Waals surface area contributed by atoms with Crippen LogP contribution in [0.5, 0.6) is 0 Å². The van der Waals surface area contributed by atoms with E-state index in [0.29, 0.717) is 5.56 Å². The second-order valence-corrected chi connectivity index (χ2v) is 5.19. The van der Waals surface area contributed by atoms with Crippen molar-refractivity contribution in [1.29, 1.82) is 0 Å². The maximum Gasteiger partial charge on any atom is 0.271 e. The fourth-order valence-corrected chi connectivity index (χ4v) is 1.10. The van der Waals surface area contributed by atoms with Crippen molar-refractivity contribution in [2.75, 3.05) is 0 Å². The van der Waals surface area contributed by atoms with Gasteiger partial charge in [-0.25, -0.2) is 5.43 Å². The highest BCUT2D eigenvalue weighted by Gasteiger charge is 2.15. The van der Waals surface area contributed by atoms with Crippen molar-refractivity contribution in [3.63, 3.8) is 0 Å². The Hall–Kier alpha value is -2.24. The van der Waals surface area contributed by atoms with Gasteiger partial charge in [-0.3, -0.25) is 14.9 Å². The molecule has 0 unspecified atom stereocenters. The quantitative estimate of drug-likeness (QED) is 0.517. The molecule has 6 nitrogen and oxygen atoms in total. The molecule has 0 heterocycles. The number of nitrogens with one attached hydrogen (secondary N) is 1. The molecule has 0 saturated heterocycles. The third-order valence-corrected chi connectivity index (χ3v) is 2.75. The average Bonchev–Trinajstić information content (AvgIpc) is 2.34. The largest absolute Gasteiger partial charge is 0.271 e. The van der Waals surface area contributed by atoms with Crippen LogP contribution in [0.3, 0.4) is 0 Å². The summed E-state index contributed by atoms with van der Waals surface area (Å²) in [4.78, 5) is 21.7. The third kappa shape index (κ3) is 4.17. The third-order valence-electron chi connectivity index (χ3n) is 2.75. The highest BCUT2D eigenvalue weighted by atomic mass is 16.6. The zero-order chi connectivity index (χ0) is 14.6. The molecule has 0 atom stereocenters. The zero-order valence-electron chi connectivity index (χ0n) is 11.4. The molecular weight excluding hydrogens is 246 g/mol. The number of non-ortho nitro benzene ring substituents is 1. The van der Waals surface area contributed by atoms with Gasteiger partial charge in [0.05, 0.1) is 4.92 Å². The first kappa shape index (κ1) is 14.8. The molecule has 0 fully saturated rings. The van der Waals surface area contributed by atoms with Gasteiger partial charge in [-0.1, -0.05) is 20.8 Å². The van der Waals surface area contributed by atoms with Gasteiger partial charge in [0.25, 0.3) is 11.6 Å². The second-order valence-electron chi connectivity index (χ2n) is 5.19. The lowest BCUT2D eigenvalue weighted by Crippen LogP contribution is -2.24. The molecule has 0 spiro atoms. The van der Waals surface area contributed by atoms with Gasteiger partial charge < -0.3 is 0 Å². The number of carbonyl (C=O) groups excluding carboxylic acids is 1. The van der Waals surface area contributed by atoms with E-state index in [4.69, 9.17) is 0 Å². The van der Waals surface area contributed by atoms with Crippen LogP contribution in [-0.4, -0.2) is 16.5 Å². The number of hydrogen-bond acceptors (Lipinski definition) is 4. The summed E-state index contributed by atoms with van der Waals surface area (Å²) in [6.07, 6.45) is 0. The Morgan fingerprint density at radius 2 is 1.79 bits per heavy atom. The number of nitrogens with zero attached hydrogens (tertiary/aromatic N) is 2. The number of carbonyl (C=O) groups is 1. The summed E-state index contributed by atoms with van der Waals surface area (Å²) >= 11 is 0. The van der Waals surface area contributed by atoms with E-state index < -0.39 is 10.8 Å². The normalized spacial score (nSPS) is 12.1. The molecule has 1 N–H and O–H groups in total. The molecule has 1 aromatic rings. The topological polar surface area (TPSA) is 84.6 Å². The van der Waals surface area contributed by atoms with Crippen molar-refractivity contribution in [3.8, 4) is 0 Å². The van der Waals surface area contributed by atoms with E-state index in [9.17, 15) is 14.9 Å².